The molecule has 0 fully saturated rings. The Hall–Kier alpha value is -2.04. The summed E-state index contributed by atoms with van der Waals surface area (Å²) in [5.74, 6) is -0.937. The van der Waals surface area contributed by atoms with Gasteiger partial charge in [0.2, 0.25) is 5.91 Å². The van der Waals surface area contributed by atoms with Crippen LogP contribution in [0, 0.1) is 18.8 Å². The normalized spacial score (nSPS) is 13.4. The number of aryl methyl sites for hydroxylation is 1. The molecular weight excluding hydrogens is 242 g/mol. The summed E-state index contributed by atoms with van der Waals surface area (Å²) >= 11 is 0. The number of rotatable bonds is 5. The van der Waals surface area contributed by atoms with Gasteiger partial charge in [0.15, 0.2) is 5.84 Å². The van der Waals surface area contributed by atoms with Gasteiger partial charge in [-0.1, -0.05) is 43.3 Å². The van der Waals surface area contributed by atoms with Gasteiger partial charge in [-0.05, 0) is 24.0 Å². The molecule has 0 saturated heterocycles. The average molecular weight is 263 g/mol. The Bertz CT molecular complexity index is 470. The quantitative estimate of drug-likeness (QED) is 0.326. The molecule has 1 amide bonds. The van der Waals surface area contributed by atoms with E-state index in [-0.39, 0.29) is 17.7 Å². The minimum absolute atomic E-state index is 0.0345. The van der Waals surface area contributed by atoms with Crippen molar-refractivity contribution in [3.05, 3.63) is 35.4 Å². The lowest BCUT2D eigenvalue weighted by Crippen LogP contribution is -2.41. The van der Waals surface area contributed by atoms with Crippen molar-refractivity contribution in [2.75, 3.05) is 0 Å². The molecule has 1 aromatic rings. The summed E-state index contributed by atoms with van der Waals surface area (Å²) in [6.07, 6.45) is 0. The van der Waals surface area contributed by atoms with Crippen molar-refractivity contribution in [1.29, 1.82) is 0 Å². The van der Waals surface area contributed by atoms with Crippen LogP contribution in [0.25, 0.3) is 0 Å². The molecule has 4 N–H and O–H groups in total. The Morgan fingerprint density at radius 3 is 2.58 bits per heavy atom. The third-order valence-electron chi connectivity index (χ3n) is 3.10. The number of nitrogens with one attached hydrogen (secondary N) is 1. The van der Waals surface area contributed by atoms with Crippen molar-refractivity contribution in [3.8, 4) is 0 Å². The molecule has 0 radical (unpaired) electrons. The second kappa shape index (κ2) is 6.78. The van der Waals surface area contributed by atoms with Crippen LogP contribution < -0.4 is 11.1 Å². The Morgan fingerprint density at radius 2 is 2.05 bits per heavy atom. The van der Waals surface area contributed by atoms with Crippen molar-refractivity contribution >= 4 is 11.7 Å². The van der Waals surface area contributed by atoms with E-state index in [0.717, 1.165) is 11.1 Å². The number of carbonyl (C=O) groups is 1. The molecule has 0 bridgehead atoms. The first kappa shape index (κ1) is 15.0. The molecule has 0 heterocycles. The number of benzene rings is 1. The summed E-state index contributed by atoms with van der Waals surface area (Å²) in [6, 6.07) is 7.83. The van der Waals surface area contributed by atoms with Crippen LogP contribution in [0.2, 0.25) is 0 Å². The molecule has 1 unspecified atom stereocenters. The fourth-order valence-corrected chi connectivity index (χ4v) is 1.94. The molecule has 5 heteroatoms. The van der Waals surface area contributed by atoms with E-state index in [0.29, 0.717) is 6.54 Å². The number of nitrogens with zero attached hydrogens (tertiary/aromatic N) is 1. The zero-order chi connectivity index (χ0) is 14.4. The van der Waals surface area contributed by atoms with Gasteiger partial charge in [0.1, 0.15) is 5.92 Å². The highest BCUT2D eigenvalue weighted by Gasteiger charge is 2.26. The second-order valence-corrected chi connectivity index (χ2v) is 4.89. The van der Waals surface area contributed by atoms with Crippen LogP contribution in [-0.2, 0) is 11.3 Å². The Morgan fingerprint density at radius 1 is 1.42 bits per heavy atom. The summed E-state index contributed by atoms with van der Waals surface area (Å²) in [5, 5.41) is 14.5. The molecular formula is C14H21N3O2. The van der Waals surface area contributed by atoms with E-state index in [2.05, 4.69) is 10.5 Å². The maximum atomic E-state index is 12.1. The molecule has 0 aromatic heterocycles. The van der Waals surface area contributed by atoms with Crippen molar-refractivity contribution in [2.24, 2.45) is 22.7 Å². The largest absolute Gasteiger partial charge is 0.409 e. The van der Waals surface area contributed by atoms with Gasteiger partial charge in [0.05, 0.1) is 0 Å². The first-order valence-electron chi connectivity index (χ1n) is 6.27. The number of amides is 1. The molecule has 1 aromatic carbocycles. The average Bonchev–Trinajstić information content (AvgIpc) is 2.37. The first-order chi connectivity index (χ1) is 8.97. The molecule has 5 nitrogen and oxygen atoms in total. The van der Waals surface area contributed by atoms with Crippen LogP contribution >= 0.6 is 0 Å². The van der Waals surface area contributed by atoms with Crippen LogP contribution in [0.5, 0.6) is 0 Å². The van der Waals surface area contributed by atoms with E-state index >= 15 is 0 Å². The fraction of sp³-hybridized carbons (Fsp3) is 0.429. The smallest absolute Gasteiger partial charge is 0.231 e. The summed E-state index contributed by atoms with van der Waals surface area (Å²) in [6.45, 7) is 6.14. The van der Waals surface area contributed by atoms with Crippen LogP contribution in [0.4, 0.5) is 0 Å². The van der Waals surface area contributed by atoms with E-state index in [1.165, 1.54) is 0 Å². The number of hydrogen-bond acceptors (Lipinski definition) is 3. The first-order valence-corrected chi connectivity index (χ1v) is 6.27. The molecule has 0 aliphatic rings. The lowest BCUT2D eigenvalue weighted by atomic mass is 9.93. The van der Waals surface area contributed by atoms with Crippen molar-refractivity contribution in [2.45, 2.75) is 27.3 Å². The van der Waals surface area contributed by atoms with Gasteiger partial charge in [-0.15, -0.1) is 0 Å². The molecule has 1 atom stereocenters. The highest BCUT2D eigenvalue weighted by atomic mass is 16.4. The minimum atomic E-state index is -0.617. The lowest BCUT2D eigenvalue weighted by molar-refractivity contribution is -0.124. The number of amidine groups is 1. The van der Waals surface area contributed by atoms with Crippen LogP contribution in [0.15, 0.2) is 29.4 Å². The number of hydrogen-bond donors (Lipinski definition) is 3. The minimum Gasteiger partial charge on any atom is -0.409 e. The van der Waals surface area contributed by atoms with Gasteiger partial charge in [-0.2, -0.15) is 0 Å². The summed E-state index contributed by atoms with van der Waals surface area (Å²) in [4.78, 5) is 12.1. The maximum Gasteiger partial charge on any atom is 0.231 e. The molecule has 0 aliphatic heterocycles. The Kier molecular flexibility index (Phi) is 5.36. The van der Waals surface area contributed by atoms with Gasteiger partial charge >= 0.3 is 0 Å². The van der Waals surface area contributed by atoms with E-state index in [4.69, 9.17) is 10.9 Å². The zero-order valence-electron chi connectivity index (χ0n) is 11.6. The van der Waals surface area contributed by atoms with Crippen molar-refractivity contribution in [3.63, 3.8) is 0 Å². The topological polar surface area (TPSA) is 87.7 Å². The SMILES string of the molecule is Cc1ccccc1CNC(=O)C(C(N)=NO)C(C)C. The van der Waals surface area contributed by atoms with E-state index < -0.39 is 5.92 Å². The summed E-state index contributed by atoms with van der Waals surface area (Å²) < 4.78 is 0. The molecule has 104 valence electrons. The standard InChI is InChI=1S/C14H21N3O2/c1-9(2)12(13(15)17-19)14(18)16-8-11-7-5-4-6-10(11)3/h4-7,9,12,19H,8H2,1-3H3,(H2,15,17)(H,16,18). The number of carbonyl (C=O) groups excluding carboxylic acids is 1. The van der Waals surface area contributed by atoms with Gasteiger partial charge in [0.25, 0.3) is 0 Å². The predicted octanol–water partition coefficient (Wildman–Crippen LogP) is 1.63. The van der Waals surface area contributed by atoms with Gasteiger partial charge in [-0.3, -0.25) is 4.79 Å². The zero-order valence-corrected chi connectivity index (χ0v) is 11.6. The maximum absolute atomic E-state index is 12.1. The number of nitrogens with two attached hydrogens (primary N) is 1. The molecule has 0 saturated carbocycles. The highest BCUT2D eigenvalue weighted by Crippen LogP contribution is 2.12. The van der Waals surface area contributed by atoms with Gasteiger partial charge < -0.3 is 16.3 Å². The monoisotopic (exact) mass is 263 g/mol. The molecule has 0 spiro atoms. The van der Waals surface area contributed by atoms with Crippen LogP contribution in [-0.4, -0.2) is 17.0 Å². The van der Waals surface area contributed by atoms with Crippen LogP contribution in [0.1, 0.15) is 25.0 Å². The Labute approximate surface area is 113 Å². The van der Waals surface area contributed by atoms with E-state index in [1.54, 1.807) is 0 Å². The van der Waals surface area contributed by atoms with Crippen LogP contribution in [0.3, 0.4) is 0 Å². The summed E-state index contributed by atoms with van der Waals surface area (Å²) in [5.41, 5.74) is 7.73. The number of oxime groups is 1. The summed E-state index contributed by atoms with van der Waals surface area (Å²) in [7, 11) is 0. The highest BCUT2D eigenvalue weighted by molar-refractivity contribution is 6.02. The Balaban J connectivity index is 2.71. The lowest BCUT2D eigenvalue weighted by Gasteiger charge is -2.19. The third-order valence-corrected chi connectivity index (χ3v) is 3.10. The second-order valence-electron chi connectivity index (χ2n) is 4.89. The molecule has 0 aliphatic carbocycles. The van der Waals surface area contributed by atoms with Crippen molar-refractivity contribution in [1.82, 2.24) is 5.32 Å². The van der Waals surface area contributed by atoms with E-state index in [1.807, 2.05) is 45.0 Å². The predicted molar refractivity (Wildman–Crippen MR) is 74.8 cm³/mol. The fourth-order valence-electron chi connectivity index (χ4n) is 1.94. The van der Waals surface area contributed by atoms with E-state index in [9.17, 15) is 4.79 Å². The van der Waals surface area contributed by atoms with Gasteiger partial charge in [0, 0.05) is 6.54 Å². The third kappa shape index (κ3) is 3.98. The molecule has 19 heavy (non-hydrogen) atoms. The van der Waals surface area contributed by atoms with Gasteiger partial charge in [-0.25, -0.2) is 0 Å². The molecule has 1 rings (SSSR count). The van der Waals surface area contributed by atoms with Crippen molar-refractivity contribution < 1.29 is 10.0 Å².